The number of rotatable bonds is 6. The van der Waals surface area contributed by atoms with Crippen LogP contribution in [0.2, 0.25) is 0 Å². The van der Waals surface area contributed by atoms with Gasteiger partial charge in [0, 0.05) is 13.0 Å². The normalized spacial score (nSPS) is 17.7. The predicted octanol–water partition coefficient (Wildman–Crippen LogP) is 4.40. The number of carbonyl (C=O) groups is 1. The van der Waals surface area contributed by atoms with E-state index >= 15 is 0 Å². The Morgan fingerprint density at radius 3 is 2.38 bits per heavy atom. The molecule has 1 fully saturated rings. The molecule has 0 aliphatic heterocycles. The van der Waals surface area contributed by atoms with Crippen molar-refractivity contribution in [3.8, 4) is 0 Å². The Kier molecular flexibility index (Phi) is 5.98. The van der Waals surface area contributed by atoms with Crippen molar-refractivity contribution in [2.75, 3.05) is 6.61 Å². The molecule has 2 heteroatoms. The van der Waals surface area contributed by atoms with Gasteiger partial charge in [-0.3, -0.25) is 4.79 Å². The molecule has 1 aromatic carbocycles. The molecule has 21 heavy (non-hydrogen) atoms. The number of ether oxygens (including phenoxy) is 1. The minimum atomic E-state index is -0.200. The van der Waals surface area contributed by atoms with Crippen LogP contribution in [0.15, 0.2) is 18.2 Å². The first-order chi connectivity index (χ1) is 10.1. The summed E-state index contributed by atoms with van der Waals surface area (Å²) < 4.78 is 5.85. The Morgan fingerprint density at radius 1 is 1.19 bits per heavy atom. The predicted molar refractivity (Wildman–Crippen MR) is 86.6 cm³/mol. The van der Waals surface area contributed by atoms with E-state index < -0.39 is 0 Å². The molecule has 1 aliphatic carbocycles. The average Bonchev–Trinajstić information content (AvgIpc) is 2.49. The van der Waals surface area contributed by atoms with Crippen molar-refractivity contribution in [3.63, 3.8) is 0 Å². The molecule has 0 N–H and O–H groups in total. The van der Waals surface area contributed by atoms with Crippen LogP contribution >= 0.6 is 0 Å². The lowest BCUT2D eigenvalue weighted by atomic mass is 9.82. The smallest absolute Gasteiger partial charge is 0.166 e. The van der Waals surface area contributed by atoms with E-state index in [0.717, 1.165) is 12.8 Å². The lowest BCUT2D eigenvalue weighted by Gasteiger charge is -2.29. The maximum Gasteiger partial charge on any atom is 0.166 e. The van der Waals surface area contributed by atoms with Crippen LogP contribution in [-0.2, 0) is 16.0 Å². The van der Waals surface area contributed by atoms with Crippen LogP contribution < -0.4 is 0 Å². The summed E-state index contributed by atoms with van der Waals surface area (Å²) in [5, 5.41) is 0. The van der Waals surface area contributed by atoms with Gasteiger partial charge in [0.05, 0.1) is 0 Å². The van der Waals surface area contributed by atoms with Gasteiger partial charge in [0.2, 0.25) is 0 Å². The van der Waals surface area contributed by atoms with Crippen LogP contribution in [-0.4, -0.2) is 18.5 Å². The van der Waals surface area contributed by atoms with E-state index in [9.17, 15) is 4.79 Å². The fourth-order valence-electron chi connectivity index (χ4n) is 3.51. The number of hydrogen-bond acceptors (Lipinski definition) is 2. The second kappa shape index (κ2) is 7.74. The largest absolute Gasteiger partial charge is 0.370 e. The lowest BCUT2D eigenvalue weighted by Crippen LogP contribution is -2.35. The molecule has 0 aromatic heterocycles. The Labute approximate surface area is 128 Å². The van der Waals surface area contributed by atoms with Crippen LogP contribution in [0.5, 0.6) is 0 Å². The topological polar surface area (TPSA) is 26.3 Å². The highest BCUT2D eigenvalue weighted by Gasteiger charge is 2.30. The minimum absolute atomic E-state index is 0.200. The number of Topliss-reactive ketones (excluding diaryl/α,β-unsaturated/α-hetero) is 1. The number of hydrogen-bond donors (Lipinski definition) is 0. The third kappa shape index (κ3) is 4.16. The van der Waals surface area contributed by atoms with E-state index in [1.54, 1.807) is 0 Å². The molecule has 2 nitrogen and oxygen atoms in total. The van der Waals surface area contributed by atoms with Gasteiger partial charge in [-0.05, 0) is 56.2 Å². The summed E-state index contributed by atoms with van der Waals surface area (Å²) in [7, 11) is 0. The highest BCUT2D eigenvalue weighted by Crippen LogP contribution is 2.29. The highest BCUT2D eigenvalue weighted by atomic mass is 16.5. The zero-order valence-electron chi connectivity index (χ0n) is 13.7. The van der Waals surface area contributed by atoms with Crippen LogP contribution in [0.1, 0.15) is 55.7 Å². The summed E-state index contributed by atoms with van der Waals surface area (Å²) >= 11 is 0. The van der Waals surface area contributed by atoms with Crippen LogP contribution in [0, 0.1) is 19.8 Å². The molecule has 0 amide bonds. The summed E-state index contributed by atoms with van der Waals surface area (Å²) in [4.78, 5) is 12.8. The standard InChI is InChI=1S/C19H28O2/c1-4-21-19(16-11-6-5-7-12-16)18(20)13-17-14(2)9-8-10-15(17)3/h8-10,16,19H,4-7,11-13H2,1-3H3. The SMILES string of the molecule is CCOC(C(=O)Cc1c(C)cccc1C)C1CCCCC1. The van der Waals surface area contributed by atoms with Crippen LogP contribution in [0.3, 0.4) is 0 Å². The number of ketones is 1. The number of carbonyl (C=O) groups excluding carboxylic acids is 1. The fraction of sp³-hybridized carbons (Fsp3) is 0.632. The van der Waals surface area contributed by atoms with Crippen molar-refractivity contribution in [3.05, 3.63) is 34.9 Å². The average molecular weight is 288 g/mol. The maximum atomic E-state index is 12.8. The van der Waals surface area contributed by atoms with Gasteiger partial charge in [0.1, 0.15) is 6.10 Å². The van der Waals surface area contributed by atoms with Gasteiger partial charge in [-0.2, -0.15) is 0 Å². The molecule has 0 radical (unpaired) electrons. The highest BCUT2D eigenvalue weighted by molar-refractivity contribution is 5.86. The molecular formula is C19H28O2. The van der Waals surface area contributed by atoms with Gasteiger partial charge in [0.25, 0.3) is 0 Å². The second-order valence-electron chi connectivity index (χ2n) is 6.29. The van der Waals surface area contributed by atoms with Crippen LogP contribution in [0.4, 0.5) is 0 Å². The first kappa shape index (κ1) is 16.2. The molecule has 1 aliphatic rings. The fourth-order valence-corrected chi connectivity index (χ4v) is 3.51. The molecule has 1 unspecified atom stereocenters. The molecule has 1 aromatic rings. The summed E-state index contributed by atoms with van der Waals surface area (Å²) in [5.41, 5.74) is 3.60. The first-order valence-corrected chi connectivity index (χ1v) is 8.33. The zero-order valence-corrected chi connectivity index (χ0v) is 13.7. The van der Waals surface area contributed by atoms with Crippen molar-refractivity contribution in [2.24, 2.45) is 5.92 Å². The van der Waals surface area contributed by atoms with Gasteiger partial charge in [-0.15, -0.1) is 0 Å². The Hall–Kier alpha value is -1.15. The van der Waals surface area contributed by atoms with Gasteiger partial charge in [0.15, 0.2) is 5.78 Å². The Morgan fingerprint density at radius 2 is 1.81 bits per heavy atom. The third-order valence-corrected chi connectivity index (χ3v) is 4.74. The van der Waals surface area contributed by atoms with E-state index in [4.69, 9.17) is 4.74 Å². The molecule has 116 valence electrons. The van der Waals surface area contributed by atoms with Crippen LogP contribution in [0.25, 0.3) is 0 Å². The second-order valence-corrected chi connectivity index (χ2v) is 6.29. The van der Waals surface area contributed by atoms with Crippen molar-refractivity contribution >= 4 is 5.78 Å². The molecule has 0 bridgehead atoms. The van der Waals surface area contributed by atoms with Crippen molar-refractivity contribution < 1.29 is 9.53 Å². The van der Waals surface area contributed by atoms with E-state index in [-0.39, 0.29) is 11.9 Å². The van der Waals surface area contributed by atoms with Crippen molar-refractivity contribution in [1.29, 1.82) is 0 Å². The molecule has 0 saturated heterocycles. The van der Waals surface area contributed by atoms with E-state index in [0.29, 0.717) is 18.9 Å². The van der Waals surface area contributed by atoms with Crippen molar-refractivity contribution in [1.82, 2.24) is 0 Å². The molecule has 0 spiro atoms. The molecule has 1 atom stereocenters. The summed E-state index contributed by atoms with van der Waals surface area (Å²) in [5.74, 6) is 0.691. The van der Waals surface area contributed by atoms with Gasteiger partial charge in [-0.25, -0.2) is 0 Å². The zero-order chi connectivity index (χ0) is 15.2. The minimum Gasteiger partial charge on any atom is -0.370 e. The van der Waals surface area contributed by atoms with E-state index in [1.807, 2.05) is 6.92 Å². The maximum absolute atomic E-state index is 12.8. The molecule has 2 rings (SSSR count). The quantitative estimate of drug-likeness (QED) is 0.775. The van der Waals surface area contributed by atoms with Gasteiger partial charge >= 0.3 is 0 Å². The number of aryl methyl sites for hydroxylation is 2. The molecule has 0 heterocycles. The van der Waals surface area contributed by atoms with Crippen molar-refractivity contribution in [2.45, 2.75) is 65.4 Å². The molecular weight excluding hydrogens is 260 g/mol. The number of benzene rings is 1. The summed E-state index contributed by atoms with van der Waals surface area (Å²) in [6, 6.07) is 6.23. The first-order valence-electron chi connectivity index (χ1n) is 8.33. The Bertz CT molecular complexity index is 452. The third-order valence-electron chi connectivity index (χ3n) is 4.74. The van der Waals surface area contributed by atoms with E-state index in [1.165, 1.54) is 36.0 Å². The van der Waals surface area contributed by atoms with E-state index in [2.05, 4.69) is 32.0 Å². The Balaban J connectivity index is 2.11. The van der Waals surface area contributed by atoms with Gasteiger partial charge in [-0.1, -0.05) is 37.5 Å². The van der Waals surface area contributed by atoms with Gasteiger partial charge < -0.3 is 4.74 Å². The molecule has 1 saturated carbocycles. The lowest BCUT2D eigenvalue weighted by molar-refractivity contribution is -0.134. The monoisotopic (exact) mass is 288 g/mol. The summed E-state index contributed by atoms with van der Waals surface area (Å²) in [6.45, 7) is 6.79. The summed E-state index contributed by atoms with van der Waals surface area (Å²) in [6.07, 6.45) is 6.39.